The van der Waals surface area contributed by atoms with Gasteiger partial charge in [0.05, 0.1) is 16.5 Å². The SMILES string of the molecule is CCCS(=O)(=O)CCC(=O)Nc1ccc(N)cc1Cl. The van der Waals surface area contributed by atoms with Gasteiger partial charge in [0.15, 0.2) is 9.84 Å². The highest BCUT2D eigenvalue weighted by molar-refractivity contribution is 7.91. The Morgan fingerprint density at radius 3 is 2.63 bits per heavy atom. The van der Waals surface area contributed by atoms with E-state index < -0.39 is 9.84 Å². The van der Waals surface area contributed by atoms with Gasteiger partial charge in [0.25, 0.3) is 0 Å². The second-order valence-electron chi connectivity index (χ2n) is 4.19. The van der Waals surface area contributed by atoms with Crippen LogP contribution in [0.15, 0.2) is 18.2 Å². The van der Waals surface area contributed by atoms with E-state index in [-0.39, 0.29) is 23.8 Å². The minimum Gasteiger partial charge on any atom is -0.399 e. The van der Waals surface area contributed by atoms with Crippen LogP contribution in [0.5, 0.6) is 0 Å². The van der Waals surface area contributed by atoms with Gasteiger partial charge in [-0.25, -0.2) is 8.42 Å². The number of anilines is 2. The molecule has 1 aromatic rings. The summed E-state index contributed by atoms with van der Waals surface area (Å²) in [5.74, 6) is -0.436. The van der Waals surface area contributed by atoms with Crippen LogP contribution in [0.25, 0.3) is 0 Å². The first-order chi connectivity index (χ1) is 8.84. The summed E-state index contributed by atoms with van der Waals surface area (Å²) in [4.78, 5) is 11.6. The first kappa shape index (κ1) is 15.8. The van der Waals surface area contributed by atoms with Gasteiger partial charge in [0.2, 0.25) is 5.91 Å². The molecular weight excluding hydrogens is 288 g/mol. The smallest absolute Gasteiger partial charge is 0.225 e. The molecule has 0 atom stereocenters. The molecule has 0 heterocycles. The Morgan fingerprint density at radius 2 is 2.05 bits per heavy atom. The average molecular weight is 305 g/mol. The van der Waals surface area contributed by atoms with Crippen LogP contribution in [-0.4, -0.2) is 25.8 Å². The Hall–Kier alpha value is -1.27. The Morgan fingerprint density at radius 1 is 1.37 bits per heavy atom. The molecule has 7 heteroatoms. The molecule has 0 unspecified atom stereocenters. The molecule has 0 saturated carbocycles. The number of carbonyl (C=O) groups is 1. The highest BCUT2D eigenvalue weighted by Crippen LogP contribution is 2.24. The van der Waals surface area contributed by atoms with Crippen molar-refractivity contribution in [1.29, 1.82) is 0 Å². The fourth-order valence-corrected chi connectivity index (χ4v) is 3.07. The Labute approximate surface area is 118 Å². The van der Waals surface area contributed by atoms with Gasteiger partial charge in [0.1, 0.15) is 0 Å². The van der Waals surface area contributed by atoms with Crippen molar-refractivity contribution in [3.8, 4) is 0 Å². The highest BCUT2D eigenvalue weighted by atomic mass is 35.5. The Balaban J connectivity index is 2.56. The summed E-state index contributed by atoms with van der Waals surface area (Å²) in [5, 5.41) is 2.89. The minimum absolute atomic E-state index is 0.0803. The predicted molar refractivity (Wildman–Crippen MR) is 78.1 cm³/mol. The normalized spacial score (nSPS) is 11.3. The summed E-state index contributed by atoms with van der Waals surface area (Å²) in [5.41, 5.74) is 6.45. The number of hydrogen-bond donors (Lipinski definition) is 2. The number of nitrogen functional groups attached to an aromatic ring is 1. The zero-order valence-corrected chi connectivity index (χ0v) is 12.2. The second-order valence-corrected chi connectivity index (χ2v) is 6.90. The summed E-state index contributed by atoms with van der Waals surface area (Å²) in [7, 11) is -3.15. The van der Waals surface area contributed by atoms with E-state index in [0.29, 0.717) is 22.8 Å². The molecule has 1 aromatic carbocycles. The maximum absolute atomic E-state index is 11.6. The molecule has 0 aliphatic carbocycles. The summed E-state index contributed by atoms with van der Waals surface area (Å²) in [6.07, 6.45) is 0.469. The van der Waals surface area contributed by atoms with Gasteiger partial charge >= 0.3 is 0 Å². The quantitative estimate of drug-likeness (QED) is 0.787. The van der Waals surface area contributed by atoms with E-state index in [4.69, 9.17) is 17.3 Å². The zero-order valence-electron chi connectivity index (χ0n) is 10.6. The molecule has 0 radical (unpaired) electrons. The molecule has 3 N–H and O–H groups in total. The summed E-state index contributed by atoms with van der Waals surface area (Å²) in [6.45, 7) is 1.78. The Bertz CT molecular complexity index is 558. The molecule has 5 nitrogen and oxygen atoms in total. The maximum atomic E-state index is 11.6. The van der Waals surface area contributed by atoms with Gasteiger partial charge in [0, 0.05) is 17.9 Å². The fraction of sp³-hybridized carbons (Fsp3) is 0.417. The first-order valence-electron chi connectivity index (χ1n) is 5.89. The topological polar surface area (TPSA) is 89.3 Å². The lowest BCUT2D eigenvalue weighted by atomic mass is 10.3. The molecule has 0 aliphatic heterocycles. The van der Waals surface area contributed by atoms with Crippen molar-refractivity contribution in [2.75, 3.05) is 22.6 Å². The number of nitrogens with two attached hydrogens (primary N) is 1. The molecule has 106 valence electrons. The lowest BCUT2D eigenvalue weighted by molar-refractivity contribution is -0.115. The largest absolute Gasteiger partial charge is 0.399 e. The molecule has 0 aliphatic rings. The standard InChI is InChI=1S/C12H17ClN2O3S/c1-2-6-19(17,18)7-5-12(16)15-11-4-3-9(14)8-10(11)13/h3-4,8H,2,5-7,14H2,1H3,(H,15,16). The van der Waals surface area contributed by atoms with Crippen LogP contribution in [0.3, 0.4) is 0 Å². The number of halogens is 1. The van der Waals surface area contributed by atoms with Gasteiger partial charge in [-0.2, -0.15) is 0 Å². The monoisotopic (exact) mass is 304 g/mol. The third-order valence-electron chi connectivity index (χ3n) is 2.42. The van der Waals surface area contributed by atoms with E-state index in [9.17, 15) is 13.2 Å². The fourth-order valence-electron chi connectivity index (χ4n) is 1.51. The lowest BCUT2D eigenvalue weighted by Gasteiger charge is -2.08. The number of hydrogen-bond acceptors (Lipinski definition) is 4. The zero-order chi connectivity index (χ0) is 14.5. The number of nitrogens with one attached hydrogen (secondary N) is 1. The van der Waals surface area contributed by atoms with Crippen LogP contribution in [0.4, 0.5) is 11.4 Å². The van der Waals surface area contributed by atoms with Crippen LogP contribution in [0.2, 0.25) is 5.02 Å². The number of sulfone groups is 1. The highest BCUT2D eigenvalue weighted by Gasteiger charge is 2.13. The molecule has 19 heavy (non-hydrogen) atoms. The number of benzene rings is 1. The predicted octanol–water partition coefficient (Wildman–Crippen LogP) is 2.08. The van der Waals surface area contributed by atoms with Gasteiger partial charge < -0.3 is 11.1 Å². The van der Waals surface area contributed by atoms with Gasteiger partial charge in [-0.1, -0.05) is 18.5 Å². The van der Waals surface area contributed by atoms with E-state index in [2.05, 4.69) is 5.32 Å². The van der Waals surface area contributed by atoms with Crippen molar-refractivity contribution in [2.45, 2.75) is 19.8 Å². The van der Waals surface area contributed by atoms with Crippen molar-refractivity contribution < 1.29 is 13.2 Å². The summed E-state index contributed by atoms with van der Waals surface area (Å²) >= 11 is 5.90. The molecule has 1 rings (SSSR count). The van der Waals surface area contributed by atoms with Crippen molar-refractivity contribution in [3.05, 3.63) is 23.2 Å². The van der Waals surface area contributed by atoms with Crippen molar-refractivity contribution in [3.63, 3.8) is 0 Å². The second kappa shape index (κ2) is 6.77. The maximum Gasteiger partial charge on any atom is 0.225 e. The van der Waals surface area contributed by atoms with Crippen LogP contribution in [0.1, 0.15) is 19.8 Å². The number of amides is 1. The molecular formula is C12H17ClN2O3S. The van der Waals surface area contributed by atoms with Crippen molar-refractivity contribution in [1.82, 2.24) is 0 Å². The van der Waals surface area contributed by atoms with Crippen LogP contribution in [0, 0.1) is 0 Å². The molecule has 0 aromatic heterocycles. The lowest BCUT2D eigenvalue weighted by Crippen LogP contribution is -2.19. The Kier molecular flexibility index (Phi) is 5.62. The first-order valence-corrected chi connectivity index (χ1v) is 8.09. The molecule has 1 amide bonds. The average Bonchev–Trinajstić information content (AvgIpc) is 2.30. The van der Waals surface area contributed by atoms with Gasteiger partial charge in [-0.15, -0.1) is 0 Å². The number of carbonyl (C=O) groups excluding carboxylic acids is 1. The molecule has 0 bridgehead atoms. The third-order valence-corrected chi connectivity index (χ3v) is 4.59. The van der Waals surface area contributed by atoms with Crippen LogP contribution < -0.4 is 11.1 Å². The minimum atomic E-state index is -3.15. The molecule has 0 fully saturated rings. The van der Waals surface area contributed by atoms with E-state index in [1.54, 1.807) is 19.1 Å². The van der Waals surface area contributed by atoms with Crippen molar-refractivity contribution >= 4 is 38.7 Å². The van der Waals surface area contributed by atoms with Crippen LogP contribution >= 0.6 is 11.6 Å². The van der Waals surface area contributed by atoms with Crippen molar-refractivity contribution in [2.24, 2.45) is 0 Å². The van der Waals surface area contributed by atoms with Gasteiger partial charge in [-0.05, 0) is 24.6 Å². The molecule has 0 spiro atoms. The third kappa shape index (κ3) is 5.48. The van der Waals surface area contributed by atoms with Gasteiger partial charge in [-0.3, -0.25) is 4.79 Å². The van der Waals surface area contributed by atoms with E-state index >= 15 is 0 Å². The molecule has 0 saturated heterocycles. The van der Waals surface area contributed by atoms with E-state index in [1.165, 1.54) is 6.07 Å². The summed E-state index contributed by atoms with van der Waals surface area (Å²) < 4.78 is 23.0. The summed E-state index contributed by atoms with van der Waals surface area (Å²) in [6, 6.07) is 4.70. The van der Waals surface area contributed by atoms with E-state index in [1.807, 2.05) is 0 Å². The number of rotatable bonds is 6. The van der Waals surface area contributed by atoms with E-state index in [0.717, 1.165) is 0 Å². The van der Waals surface area contributed by atoms with Crippen LogP contribution in [-0.2, 0) is 14.6 Å².